The first-order chi connectivity index (χ1) is 10.2. The number of hydrogen-bond acceptors (Lipinski definition) is 4. The Morgan fingerprint density at radius 1 is 1.43 bits per heavy atom. The summed E-state index contributed by atoms with van der Waals surface area (Å²) >= 11 is 0. The van der Waals surface area contributed by atoms with Crippen molar-refractivity contribution in [1.82, 2.24) is 10.2 Å². The van der Waals surface area contributed by atoms with Crippen LogP contribution in [0.5, 0.6) is 0 Å². The molecular formula is C16H20N2O3. The maximum atomic E-state index is 12.6. The summed E-state index contributed by atoms with van der Waals surface area (Å²) in [4.78, 5) is 14.4. The molecule has 1 amide bonds. The van der Waals surface area contributed by atoms with Crippen LogP contribution in [-0.2, 0) is 4.74 Å². The molecule has 1 fully saturated rings. The highest BCUT2D eigenvalue weighted by atomic mass is 16.5. The number of amides is 1. The van der Waals surface area contributed by atoms with E-state index in [0.717, 1.165) is 23.1 Å². The second-order valence-corrected chi connectivity index (χ2v) is 5.45. The summed E-state index contributed by atoms with van der Waals surface area (Å²) in [6.45, 7) is 4.53. The third-order valence-electron chi connectivity index (χ3n) is 3.74. The van der Waals surface area contributed by atoms with Gasteiger partial charge in [0.2, 0.25) is 0 Å². The molecule has 1 aliphatic rings. The topological polar surface area (TPSA) is 54.7 Å². The van der Waals surface area contributed by atoms with Gasteiger partial charge in [-0.15, -0.1) is 0 Å². The second kappa shape index (κ2) is 5.87. The van der Waals surface area contributed by atoms with Gasteiger partial charge in [-0.2, -0.15) is 0 Å². The molecule has 1 aliphatic heterocycles. The van der Waals surface area contributed by atoms with Gasteiger partial charge in [-0.25, -0.2) is 0 Å². The van der Waals surface area contributed by atoms with Crippen molar-refractivity contribution in [2.75, 3.05) is 33.3 Å². The molecule has 3 rings (SSSR count). The van der Waals surface area contributed by atoms with Gasteiger partial charge in [-0.3, -0.25) is 4.79 Å². The Kier molecular flexibility index (Phi) is 3.94. The van der Waals surface area contributed by atoms with Gasteiger partial charge in [0.15, 0.2) is 5.76 Å². The van der Waals surface area contributed by atoms with Crippen LogP contribution in [0.15, 0.2) is 28.7 Å². The normalized spacial score (nSPS) is 19.1. The number of aryl methyl sites for hydroxylation is 1. The first kappa shape index (κ1) is 14.1. The van der Waals surface area contributed by atoms with Crippen LogP contribution in [0.4, 0.5) is 0 Å². The number of carbonyl (C=O) groups excluding carboxylic acids is 1. The Hall–Kier alpha value is -1.85. The smallest absolute Gasteiger partial charge is 0.289 e. The molecule has 1 saturated heterocycles. The Bertz CT molecular complexity index is 648. The summed E-state index contributed by atoms with van der Waals surface area (Å²) in [6, 6.07) is 7.74. The van der Waals surface area contributed by atoms with E-state index in [0.29, 0.717) is 25.5 Å². The number of carbonyl (C=O) groups is 1. The first-order valence-corrected chi connectivity index (χ1v) is 7.23. The summed E-state index contributed by atoms with van der Waals surface area (Å²) in [6.07, 6.45) is 0.0410. The van der Waals surface area contributed by atoms with Crippen LogP contribution in [0.1, 0.15) is 16.1 Å². The lowest BCUT2D eigenvalue weighted by Crippen LogP contribution is -2.48. The standard InChI is InChI=1S/C16H20N2O3/c1-11-3-4-14-12(7-11)8-15(21-14)16(19)18-5-6-20-13(10-18)9-17-2/h3-4,7-8,13,17H,5-6,9-10H2,1-2H3. The largest absolute Gasteiger partial charge is 0.451 e. The molecule has 2 heterocycles. The van der Waals surface area contributed by atoms with Gasteiger partial charge in [-0.1, -0.05) is 11.6 Å². The van der Waals surface area contributed by atoms with Gasteiger partial charge in [0.25, 0.3) is 5.91 Å². The first-order valence-electron chi connectivity index (χ1n) is 7.23. The molecule has 5 nitrogen and oxygen atoms in total. The third kappa shape index (κ3) is 2.94. The minimum atomic E-state index is -0.0618. The van der Waals surface area contributed by atoms with Gasteiger partial charge >= 0.3 is 0 Å². The highest BCUT2D eigenvalue weighted by molar-refractivity contribution is 5.96. The zero-order valence-corrected chi connectivity index (χ0v) is 12.4. The van der Waals surface area contributed by atoms with Crippen LogP contribution in [-0.4, -0.2) is 50.2 Å². The average Bonchev–Trinajstić information content (AvgIpc) is 2.90. The van der Waals surface area contributed by atoms with E-state index < -0.39 is 0 Å². The van der Waals surface area contributed by atoms with E-state index in [2.05, 4.69) is 5.32 Å². The lowest BCUT2D eigenvalue weighted by molar-refractivity contribution is -0.0205. The third-order valence-corrected chi connectivity index (χ3v) is 3.74. The van der Waals surface area contributed by atoms with Crippen molar-refractivity contribution in [3.8, 4) is 0 Å². The molecule has 0 radical (unpaired) electrons. The monoisotopic (exact) mass is 288 g/mol. The number of ether oxygens (including phenoxy) is 1. The molecule has 21 heavy (non-hydrogen) atoms. The number of nitrogens with one attached hydrogen (secondary N) is 1. The van der Waals surface area contributed by atoms with E-state index in [4.69, 9.17) is 9.15 Å². The van der Waals surface area contributed by atoms with Crippen molar-refractivity contribution in [1.29, 1.82) is 0 Å². The molecule has 0 spiro atoms. The average molecular weight is 288 g/mol. The predicted octanol–water partition coefficient (Wildman–Crippen LogP) is 1.80. The number of hydrogen-bond donors (Lipinski definition) is 1. The van der Waals surface area contributed by atoms with Gasteiger partial charge in [0.05, 0.1) is 12.7 Å². The number of nitrogens with zero attached hydrogens (tertiary/aromatic N) is 1. The predicted molar refractivity (Wildman–Crippen MR) is 80.5 cm³/mol. The molecular weight excluding hydrogens is 268 g/mol. The van der Waals surface area contributed by atoms with E-state index in [1.165, 1.54) is 0 Å². The zero-order chi connectivity index (χ0) is 14.8. The highest BCUT2D eigenvalue weighted by Crippen LogP contribution is 2.22. The van der Waals surface area contributed by atoms with Crippen molar-refractivity contribution < 1.29 is 13.9 Å². The van der Waals surface area contributed by atoms with Crippen molar-refractivity contribution in [3.63, 3.8) is 0 Å². The molecule has 1 N–H and O–H groups in total. The molecule has 1 unspecified atom stereocenters. The van der Waals surface area contributed by atoms with Crippen molar-refractivity contribution >= 4 is 16.9 Å². The fourth-order valence-electron chi connectivity index (χ4n) is 2.68. The molecule has 1 atom stereocenters. The molecule has 0 bridgehead atoms. The van der Waals surface area contributed by atoms with Crippen LogP contribution in [0.25, 0.3) is 11.0 Å². The van der Waals surface area contributed by atoms with Crippen LogP contribution in [0.2, 0.25) is 0 Å². The zero-order valence-electron chi connectivity index (χ0n) is 12.4. The summed E-state index contributed by atoms with van der Waals surface area (Å²) < 4.78 is 11.3. The highest BCUT2D eigenvalue weighted by Gasteiger charge is 2.26. The molecule has 1 aromatic heterocycles. The minimum Gasteiger partial charge on any atom is -0.451 e. The maximum absolute atomic E-state index is 12.6. The van der Waals surface area contributed by atoms with Crippen LogP contribution in [0.3, 0.4) is 0 Å². The lowest BCUT2D eigenvalue weighted by atomic mass is 10.2. The Balaban J connectivity index is 1.79. The lowest BCUT2D eigenvalue weighted by Gasteiger charge is -2.32. The van der Waals surface area contributed by atoms with Crippen molar-refractivity contribution in [3.05, 3.63) is 35.6 Å². The van der Waals surface area contributed by atoms with E-state index in [1.807, 2.05) is 38.2 Å². The number of benzene rings is 1. The molecule has 2 aromatic rings. The SMILES string of the molecule is CNCC1CN(C(=O)c2cc3cc(C)ccc3o2)CCO1. The number of likely N-dealkylation sites (N-methyl/N-ethyl adjacent to an activating group) is 1. The van der Waals surface area contributed by atoms with Crippen LogP contribution in [0, 0.1) is 6.92 Å². The summed E-state index contributed by atoms with van der Waals surface area (Å²) in [7, 11) is 1.88. The number of morpholine rings is 1. The maximum Gasteiger partial charge on any atom is 0.289 e. The number of furan rings is 1. The molecule has 0 saturated carbocycles. The summed E-state index contributed by atoms with van der Waals surface area (Å²) in [5.74, 6) is 0.342. The molecule has 112 valence electrons. The Morgan fingerprint density at radius 2 is 2.29 bits per heavy atom. The molecule has 1 aromatic carbocycles. The van der Waals surface area contributed by atoms with E-state index in [1.54, 1.807) is 4.90 Å². The van der Waals surface area contributed by atoms with Gasteiger partial charge < -0.3 is 19.4 Å². The molecule has 5 heteroatoms. The van der Waals surface area contributed by atoms with Crippen molar-refractivity contribution in [2.24, 2.45) is 0 Å². The Morgan fingerprint density at radius 3 is 3.10 bits per heavy atom. The van der Waals surface area contributed by atoms with Crippen LogP contribution < -0.4 is 5.32 Å². The number of rotatable bonds is 3. The second-order valence-electron chi connectivity index (χ2n) is 5.45. The Labute approximate surface area is 123 Å². The summed E-state index contributed by atoms with van der Waals surface area (Å²) in [5, 5.41) is 4.05. The minimum absolute atomic E-state index is 0.0410. The fraction of sp³-hybridized carbons (Fsp3) is 0.438. The molecule has 0 aliphatic carbocycles. The van der Waals surface area contributed by atoms with Crippen LogP contribution >= 0.6 is 0 Å². The summed E-state index contributed by atoms with van der Waals surface area (Å²) in [5.41, 5.74) is 1.91. The quantitative estimate of drug-likeness (QED) is 0.935. The van der Waals surface area contributed by atoms with E-state index >= 15 is 0 Å². The van der Waals surface area contributed by atoms with Gasteiger partial charge in [0.1, 0.15) is 5.58 Å². The van der Waals surface area contributed by atoms with E-state index in [9.17, 15) is 4.79 Å². The van der Waals surface area contributed by atoms with Gasteiger partial charge in [0, 0.05) is 25.0 Å². The number of fused-ring (bicyclic) bond motifs is 1. The van der Waals surface area contributed by atoms with Gasteiger partial charge in [-0.05, 0) is 32.2 Å². The van der Waals surface area contributed by atoms with Crippen molar-refractivity contribution in [2.45, 2.75) is 13.0 Å². The van der Waals surface area contributed by atoms with E-state index in [-0.39, 0.29) is 12.0 Å². The fourth-order valence-corrected chi connectivity index (χ4v) is 2.68.